The first-order valence-electron chi connectivity index (χ1n) is 31.4. The number of nitrogens with zero attached hydrogens (tertiary/aromatic N) is 8. The molecular formula is C63H97ClF3N11O11. The van der Waals surface area contributed by atoms with Gasteiger partial charge < -0.3 is 55.1 Å². The number of hydrogen-bond donors (Lipinski definition) is 3. The average Bonchev–Trinajstić information content (AvgIpc) is 3.85. The van der Waals surface area contributed by atoms with Crippen molar-refractivity contribution >= 4 is 76.6 Å². The van der Waals surface area contributed by atoms with Crippen LogP contribution in [0.1, 0.15) is 149 Å². The van der Waals surface area contributed by atoms with Crippen molar-refractivity contribution in [2.45, 2.75) is 199 Å². The third-order valence-corrected chi connectivity index (χ3v) is 19.0. The molecule has 0 unspecified atom stereocenters. The Bertz CT molecular complexity index is 2760. The van der Waals surface area contributed by atoms with Crippen molar-refractivity contribution in [2.24, 2.45) is 23.7 Å². The largest absolute Gasteiger partial charge is 0.417 e. The molecule has 4 aliphatic rings. The number of carbonyl (C=O) groups is 11. The molecule has 0 aromatic heterocycles. The minimum Gasteiger partial charge on any atom is -0.343 e. The minimum atomic E-state index is -4.74. The second-order valence-corrected chi connectivity index (χ2v) is 26.7. The van der Waals surface area contributed by atoms with E-state index in [1.54, 1.807) is 27.7 Å². The first-order valence-corrected chi connectivity index (χ1v) is 31.8. The quantitative estimate of drug-likeness (QED) is 0.289. The zero-order valence-corrected chi connectivity index (χ0v) is 55.4. The fourth-order valence-corrected chi connectivity index (χ4v) is 12.8. The molecule has 5 rings (SSSR count). The Morgan fingerprint density at radius 1 is 0.663 bits per heavy atom. The molecule has 1 aromatic carbocycles. The van der Waals surface area contributed by atoms with Gasteiger partial charge in [0.15, 0.2) is 0 Å². The Kier molecular flexibility index (Phi) is 25.9. The molecule has 11 amide bonds. The molecule has 498 valence electrons. The van der Waals surface area contributed by atoms with Crippen molar-refractivity contribution in [3.05, 3.63) is 34.3 Å². The van der Waals surface area contributed by atoms with Crippen molar-refractivity contribution in [1.82, 2.24) is 55.1 Å². The van der Waals surface area contributed by atoms with Crippen molar-refractivity contribution in [3.8, 4) is 0 Å². The van der Waals surface area contributed by atoms with Gasteiger partial charge in [0.05, 0.1) is 30.2 Å². The SMILES string of the molecule is CC[C@H](C)[C@@H]1NC(=O)[C@H](CC(C)C)N(C)C(=O)C[C@@H](C)N(C)C(=O)[C@H](C(C)C)N(C)C(=O)C2(CCCC2)NC(=O)[C@@H]2CCCN2C(=O)[C@H](CCc2ccc(C(F)(F)F)c(Cl)c2)NC(=O)CN(C)C(=O)[C@H](CC2CCC2)N(C)C(=O)CN(C)C(=O)CN(C)C1=O. The van der Waals surface area contributed by atoms with Gasteiger partial charge in [-0.1, -0.05) is 97.7 Å². The molecule has 2 saturated heterocycles. The molecule has 26 heteroatoms. The number of benzene rings is 1. The van der Waals surface area contributed by atoms with Gasteiger partial charge in [-0.25, -0.2) is 0 Å². The molecular weight excluding hydrogens is 1180 g/mol. The van der Waals surface area contributed by atoms with Crippen LogP contribution >= 0.6 is 11.6 Å². The van der Waals surface area contributed by atoms with E-state index >= 15 is 4.79 Å². The molecule has 2 aliphatic carbocycles. The lowest BCUT2D eigenvalue weighted by Gasteiger charge is -2.41. The highest BCUT2D eigenvalue weighted by molar-refractivity contribution is 6.31. The van der Waals surface area contributed by atoms with Crippen LogP contribution in [-0.4, -0.2) is 228 Å². The third kappa shape index (κ3) is 18.3. The van der Waals surface area contributed by atoms with E-state index in [4.69, 9.17) is 11.6 Å². The van der Waals surface area contributed by atoms with Crippen molar-refractivity contribution in [3.63, 3.8) is 0 Å². The van der Waals surface area contributed by atoms with Crippen LogP contribution in [0, 0.1) is 23.7 Å². The summed E-state index contributed by atoms with van der Waals surface area (Å²) in [6.07, 6.45) is 0.190. The Labute approximate surface area is 528 Å². The lowest BCUT2D eigenvalue weighted by molar-refractivity contribution is -0.152. The average molecular weight is 1280 g/mol. The number of fused-ring (bicyclic) bond motifs is 1. The van der Waals surface area contributed by atoms with Crippen LogP contribution in [0.5, 0.6) is 0 Å². The van der Waals surface area contributed by atoms with Gasteiger partial charge in [-0.05, 0) is 99.7 Å². The van der Waals surface area contributed by atoms with E-state index in [1.165, 1.54) is 79.9 Å². The highest BCUT2D eigenvalue weighted by Crippen LogP contribution is 2.37. The summed E-state index contributed by atoms with van der Waals surface area (Å²) in [4.78, 5) is 169. The second kappa shape index (κ2) is 31.5. The lowest BCUT2D eigenvalue weighted by atomic mass is 9.80. The highest BCUT2D eigenvalue weighted by Gasteiger charge is 2.50. The van der Waals surface area contributed by atoms with Crippen LogP contribution in [0.4, 0.5) is 13.2 Å². The molecule has 22 nitrogen and oxygen atoms in total. The molecule has 2 saturated carbocycles. The standard InChI is InChI=1S/C63H97ClF3N11O11/c1-15-39(6)53-59(87)73(10)35-51(81)71(8)36-52(82)76(13)48(33-41-20-18-21-41)58(86)72(9)34-49(79)68-45(26-24-42-23-25-43(44(64)32-42)63(65,66)67)57(85)78-29-19-22-46(78)56(84)70-62(27-16-17-28-62)61(89)77(14)54(38(4)5)60(88)74(11)40(7)31-50(80)75(12)47(30-37(2)3)55(83)69-53/h23,25,32,37-41,45-48,53-54H,15-22,24,26-31,33-36H2,1-14H3,(H,68,79)(H,69,83)(H,70,84)/t39-,40+,45-,46-,47-,48-,53-,54-/m0/s1. The summed E-state index contributed by atoms with van der Waals surface area (Å²) in [5, 5.41) is 8.06. The molecule has 3 N–H and O–H groups in total. The molecule has 2 heterocycles. The number of likely N-dealkylation sites (N-methyl/N-ethyl adjacent to an activating group) is 7. The van der Waals surface area contributed by atoms with E-state index in [9.17, 15) is 61.1 Å². The fourth-order valence-electron chi connectivity index (χ4n) is 12.5. The molecule has 8 atom stereocenters. The predicted octanol–water partition coefficient (Wildman–Crippen LogP) is 4.73. The fraction of sp³-hybridized carbons (Fsp3) is 0.730. The molecule has 89 heavy (non-hydrogen) atoms. The number of halogens is 4. The predicted molar refractivity (Wildman–Crippen MR) is 328 cm³/mol. The Morgan fingerprint density at radius 2 is 1.27 bits per heavy atom. The number of aryl methyl sites for hydroxylation is 1. The van der Waals surface area contributed by atoms with Gasteiger partial charge in [0.2, 0.25) is 65.0 Å². The summed E-state index contributed by atoms with van der Waals surface area (Å²) < 4.78 is 41.2. The maximum absolute atomic E-state index is 15.1. The van der Waals surface area contributed by atoms with Gasteiger partial charge in [0.1, 0.15) is 41.8 Å². The smallest absolute Gasteiger partial charge is 0.343 e. The molecule has 2 aliphatic heterocycles. The number of amides is 11. The van der Waals surface area contributed by atoms with Crippen molar-refractivity contribution in [1.29, 1.82) is 0 Å². The zero-order chi connectivity index (χ0) is 66.7. The normalized spacial score (nSPS) is 26.3. The number of nitrogens with one attached hydrogen (secondary N) is 3. The van der Waals surface area contributed by atoms with E-state index in [0.29, 0.717) is 31.2 Å². The second-order valence-electron chi connectivity index (χ2n) is 26.3. The number of alkyl halides is 3. The Hall–Kier alpha value is -6.53. The minimum absolute atomic E-state index is 0.0600. The maximum Gasteiger partial charge on any atom is 0.417 e. The van der Waals surface area contributed by atoms with Crippen LogP contribution in [-0.2, 0) is 65.3 Å². The van der Waals surface area contributed by atoms with Gasteiger partial charge in [-0.2, -0.15) is 13.2 Å². The van der Waals surface area contributed by atoms with Crippen LogP contribution in [0.3, 0.4) is 0 Å². The summed E-state index contributed by atoms with van der Waals surface area (Å²) in [6, 6.07) is -4.51. The van der Waals surface area contributed by atoms with Crippen LogP contribution in [0.15, 0.2) is 18.2 Å². The summed E-state index contributed by atoms with van der Waals surface area (Å²) in [5.41, 5.74) is -2.25. The zero-order valence-electron chi connectivity index (χ0n) is 54.6. The van der Waals surface area contributed by atoms with Crippen LogP contribution < -0.4 is 16.0 Å². The summed E-state index contributed by atoms with van der Waals surface area (Å²) >= 11 is 6.10. The van der Waals surface area contributed by atoms with E-state index in [-0.39, 0.29) is 69.7 Å². The number of rotatable bonds is 10. The first kappa shape index (κ1) is 73.2. The number of carbonyl (C=O) groups excluding carboxylic acids is 11. The summed E-state index contributed by atoms with van der Waals surface area (Å²) in [7, 11) is 10.1. The topological polar surface area (TPSA) is 250 Å². The molecule has 0 bridgehead atoms. The van der Waals surface area contributed by atoms with Crippen LogP contribution in [0.25, 0.3) is 0 Å². The van der Waals surface area contributed by atoms with Gasteiger partial charge in [0.25, 0.3) is 0 Å². The summed E-state index contributed by atoms with van der Waals surface area (Å²) in [6.45, 7) is 11.1. The Morgan fingerprint density at radius 3 is 1.83 bits per heavy atom. The third-order valence-electron chi connectivity index (χ3n) is 18.7. The van der Waals surface area contributed by atoms with Gasteiger partial charge in [-0.15, -0.1) is 0 Å². The van der Waals surface area contributed by atoms with E-state index in [1.807, 2.05) is 20.8 Å². The van der Waals surface area contributed by atoms with E-state index < -0.39 is 161 Å². The maximum atomic E-state index is 15.1. The van der Waals surface area contributed by atoms with E-state index in [2.05, 4.69) is 16.0 Å². The van der Waals surface area contributed by atoms with Crippen molar-refractivity contribution < 1.29 is 65.9 Å². The van der Waals surface area contributed by atoms with Gasteiger partial charge in [0, 0.05) is 68.3 Å². The number of hydrogen-bond acceptors (Lipinski definition) is 11. The van der Waals surface area contributed by atoms with Gasteiger partial charge >= 0.3 is 6.18 Å². The van der Waals surface area contributed by atoms with Crippen LogP contribution in [0.2, 0.25) is 5.02 Å². The lowest BCUT2D eigenvalue weighted by Crippen LogP contribution is -2.64. The molecule has 4 fully saturated rings. The van der Waals surface area contributed by atoms with E-state index in [0.717, 1.165) is 46.1 Å². The monoisotopic (exact) mass is 1280 g/mol. The molecule has 0 radical (unpaired) electrons. The highest BCUT2D eigenvalue weighted by atomic mass is 35.5. The van der Waals surface area contributed by atoms with Gasteiger partial charge in [-0.3, -0.25) is 52.7 Å². The first-order chi connectivity index (χ1) is 41.5. The Balaban J connectivity index is 1.54. The molecule has 1 aromatic rings. The molecule has 1 spiro atoms. The summed E-state index contributed by atoms with van der Waals surface area (Å²) in [5.74, 6) is -7.67. The van der Waals surface area contributed by atoms with Crippen molar-refractivity contribution in [2.75, 3.05) is 75.5 Å².